The number of hydrogen-bond donors (Lipinski definition) is 4. The van der Waals surface area contributed by atoms with Crippen molar-refractivity contribution in [2.45, 2.75) is 5.92 Å². The maximum atomic E-state index is 12.5. The highest BCUT2D eigenvalue weighted by molar-refractivity contribution is 9.11. The second kappa shape index (κ2) is 8.10. The number of hydrazone groups is 1. The van der Waals surface area contributed by atoms with Gasteiger partial charge in [-0.1, -0.05) is 30.3 Å². The standard InChI is InChI=1S/C18H15Br2N3O4/c19-12-6-10(15(24)14(20)16(12)25)7-22-23-18(27)13-11(8-21-17(13)26)9-4-2-1-3-5-9/h1-7,11,13,24-25H,8H2,(H,21,26)(H,23,27)/b22-7+/t11-,13+/m0/s1. The van der Waals surface area contributed by atoms with E-state index >= 15 is 0 Å². The molecule has 1 fully saturated rings. The van der Waals surface area contributed by atoms with Crippen molar-refractivity contribution >= 4 is 49.9 Å². The molecule has 0 saturated carbocycles. The van der Waals surface area contributed by atoms with E-state index in [0.29, 0.717) is 11.0 Å². The molecular formula is C18H15Br2N3O4. The van der Waals surface area contributed by atoms with Gasteiger partial charge in [0.1, 0.15) is 21.9 Å². The SMILES string of the molecule is O=C1NC[C@@H](c2ccccc2)[C@H]1C(=O)N/N=C/c1cc(Br)c(O)c(Br)c1O. The smallest absolute Gasteiger partial charge is 0.253 e. The Morgan fingerprint density at radius 2 is 1.93 bits per heavy atom. The fourth-order valence-corrected chi connectivity index (χ4v) is 4.04. The van der Waals surface area contributed by atoms with Gasteiger partial charge in [0.15, 0.2) is 0 Å². The van der Waals surface area contributed by atoms with Gasteiger partial charge in [-0.2, -0.15) is 5.10 Å². The van der Waals surface area contributed by atoms with E-state index in [1.54, 1.807) is 0 Å². The number of aromatic hydroxyl groups is 2. The topological polar surface area (TPSA) is 111 Å². The average Bonchev–Trinajstić information content (AvgIpc) is 3.06. The number of benzene rings is 2. The summed E-state index contributed by atoms with van der Waals surface area (Å²) >= 11 is 6.22. The summed E-state index contributed by atoms with van der Waals surface area (Å²) in [6.45, 7) is 0.378. The molecule has 9 heteroatoms. The lowest BCUT2D eigenvalue weighted by Crippen LogP contribution is -2.34. The van der Waals surface area contributed by atoms with Crippen molar-refractivity contribution < 1.29 is 19.8 Å². The Labute approximate surface area is 171 Å². The number of phenols is 2. The van der Waals surface area contributed by atoms with E-state index < -0.39 is 11.8 Å². The van der Waals surface area contributed by atoms with Gasteiger partial charge in [0, 0.05) is 18.0 Å². The molecule has 3 rings (SSSR count). The lowest BCUT2D eigenvalue weighted by molar-refractivity contribution is -0.133. The highest BCUT2D eigenvalue weighted by Gasteiger charge is 2.40. The molecule has 7 nitrogen and oxygen atoms in total. The Balaban J connectivity index is 1.75. The second-order valence-electron chi connectivity index (χ2n) is 5.93. The molecule has 0 aliphatic carbocycles. The molecule has 0 aromatic heterocycles. The Bertz CT molecular complexity index is 919. The molecule has 2 aromatic rings. The van der Waals surface area contributed by atoms with Crippen molar-refractivity contribution in [2.24, 2.45) is 11.0 Å². The highest BCUT2D eigenvalue weighted by atomic mass is 79.9. The van der Waals surface area contributed by atoms with E-state index in [9.17, 15) is 19.8 Å². The van der Waals surface area contributed by atoms with Crippen LogP contribution in [0, 0.1) is 5.92 Å². The fraction of sp³-hybridized carbons (Fsp3) is 0.167. The van der Waals surface area contributed by atoms with Gasteiger partial charge in [0.2, 0.25) is 5.91 Å². The largest absolute Gasteiger partial charge is 0.506 e. The van der Waals surface area contributed by atoms with E-state index in [4.69, 9.17) is 0 Å². The van der Waals surface area contributed by atoms with E-state index in [2.05, 4.69) is 47.7 Å². The van der Waals surface area contributed by atoms with Crippen LogP contribution < -0.4 is 10.7 Å². The van der Waals surface area contributed by atoms with Crippen LogP contribution in [-0.4, -0.2) is 34.8 Å². The number of rotatable bonds is 4. The maximum absolute atomic E-state index is 12.5. The molecule has 0 bridgehead atoms. The number of halogens is 2. The molecule has 1 aliphatic heterocycles. The number of carbonyl (C=O) groups excluding carboxylic acids is 2. The first-order chi connectivity index (χ1) is 12.9. The molecule has 140 valence electrons. The van der Waals surface area contributed by atoms with Crippen LogP contribution in [0.3, 0.4) is 0 Å². The summed E-state index contributed by atoms with van der Waals surface area (Å²) in [5.74, 6) is -2.44. The number of amides is 2. The first-order valence-corrected chi connectivity index (χ1v) is 9.54. The third kappa shape index (κ3) is 3.98. The molecule has 27 heavy (non-hydrogen) atoms. The number of phenolic OH excluding ortho intramolecular Hbond substituents is 2. The van der Waals surface area contributed by atoms with Crippen molar-refractivity contribution in [3.63, 3.8) is 0 Å². The molecule has 1 heterocycles. The van der Waals surface area contributed by atoms with Crippen LogP contribution in [-0.2, 0) is 9.59 Å². The Morgan fingerprint density at radius 1 is 1.22 bits per heavy atom. The zero-order chi connectivity index (χ0) is 19.6. The third-order valence-electron chi connectivity index (χ3n) is 4.27. The van der Waals surface area contributed by atoms with Crippen LogP contribution >= 0.6 is 31.9 Å². The summed E-state index contributed by atoms with van der Waals surface area (Å²) in [4.78, 5) is 24.6. The number of nitrogens with one attached hydrogen (secondary N) is 2. The predicted octanol–water partition coefficient (Wildman–Crippen LogP) is 2.60. The van der Waals surface area contributed by atoms with E-state index in [-0.39, 0.29) is 33.4 Å². The normalized spacial score (nSPS) is 19.3. The van der Waals surface area contributed by atoms with Gasteiger partial charge in [-0.3, -0.25) is 9.59 Å². The minimum Gasteiger partial charge on any atom is -0.506 e. The van der Waals surface area contributed by atoms with E-state index in [1.807, 2.05) is 30.3 Å². The number of hydrogen-bond acceptors (Lipinski definition) is 5. The van der Waals surface area contributed by atoms with Gasteiger partial charge >= 0.3 is 0 Å². The summed E-state index contributed by atoms with van der Waals surface area (Å²) in [7, 11) is 0. The highest BCUT2D eigenvalue weighted by Crippen LogP contribution is 2.40. The van der Waals surface area contributed by atoms with Crippen molar-refractivity contribution in [1.29, 1.82) is 0 Å². The summed E-state index contributed by atoms with van der Waals surface area (Å²) in [5.41, 5.74) is 3.51. The Hall–Kier alpha value is -2.39. The molecule has 0 unspecified atom stereocenters. The van der Waals surface area contributed by atoms with Crippen LogP contribution in [0.25, 0.3) is 0 Å². The van der Waals surface area contributed by atoms with Crippen molar-refractivity contribution in [1.82, 2.24) is 10.7 Å². The lowest BCUT2D eigenvalue weighted by Gasteiger charge is -2.15. The third-order valence-corrected chi connectivity index (χ3v) is 5.62. The van der Waals surface area contributed by atoms with Crippen LogP contribution in [0.1, 0.15) is 17.0 Å². The number of carbonyl (C=O) groups is 2. The minimum atomic E-state index is -0.892. The molecule has 2 aromatic carbocycles. The Kier molecular flexibility index (Phi) is 5.81. The quantitative estimate of drug-likeness (QED) is 0.296. The fourth-order valence-electron chi connectivity index (χ4n) is 2.88. The molecule has 1 aliphatic rings. The zero-order valence-corrected chi connectivity index (χ0v) is 17.0. The average molecular weight is 497 g/mol. The zero-order valence-electron chi connectivity index (χ0n) is 13.8. The number of nitrogens with zero attached hydrogens (tertiary/aromatic N) is 1. The molecular weight excluding hydrogens is 482 g/mol. The van der Waals surface area contributed by atoms with Crippen molar-refractivity contribution in [3.8, 4) is 11.5 Å². The summed E-state index contributed by atoms with van der Waals surface area (Å²) < 4.78 is 0.447. The van der Waals surface area contributed by atoms with Gasteiger partial charge in [-0.15, -0.1) is 0 Å². The maximum Gasteiger partial charge on any atom is 0.253 e. The molecule has 4 N–H and O–H groups in total. The summed E-state index contributed by atoms with van der Waals surface area (Å²) in [6, 6.07) is 10.8. The lowest BCUT2D eigenvalue weighted by atomic mass is 9.88. The first kappa shape index (κ1) is 19.4. The Morgan fingerprint density at radius 3 is 2.63 bits per heavy atom. The molecule has 2 amide bonds. The van der Waals surface area contributed by atoms with Crippen molar-refractivity contribution in [3.05, 3.63) is 56.5 Å². The van der Waals surface area contributed by atoms with Gasteiger partial charge < -0.3 is 15.5 Å². The second-order valence-corrected chi connectivity index (χ2v) is 7.58. The van der Waals surface area contributed by atoms with Crippen LogP contribution in [0.15, 0.2) is 50.4 Å². The monoisotopic (exact) mass is 495 g/mol. The first-order valence-electron chi connectivity index (χ1n) is 7.95. The van der Waals surface area contributed by atoms with Crippen LogP contribution in [0.2, 0.25) is 0 Å². The molecule has 0 radical (unpaired) electrons. The van der Waals surface area contributed by atoms with Gasteiger partial charge in [-0.25, -0.2) is 5.43 Å². The summed E-state index contributed by atoms with van der Waals surface area (Å²) in [6.07, 6.45) is 1.23. The van der Waals surface area contributed by atoms with E-state index in [1.165, 1.54) is 12.3 Å². The van der Waals surface area contributed by atoms with Gasteiger partial charge in [-0.05, 0) is 43.5 Å². The van der Waals surface area contributed by atoms with Crippen LogP contribution in [0.5, 0.6) is 11.5 Å². The minimum absolute atomic E-state index is 0.101. The van der Waals surface area contributed by atoms with Gasteiger partial charge in [0.05, 0.1) is 10.7 Å². The molecule has 0 spiro atoms. The predicted molar refractivity (Wildman–Crippen MR) is 107 cm³/mol. The van der Waals surface area contributed by atoms with Crippen LogP contribution in [0.4, 0.5) is 0 Å². The molecule has 2 atom stereocenters. The summed E-state index contributed by atoms with van der Waals surface area (Å²) in [5, 5.41) is 26.3. The van der Waals surface area contributed by atoms with Crippen molar-refractivity contribution in [2.75, 3.05) is 6.54 Å². The molecule has 1 saturated heterocycles. The van der Waals surface area contributed by atoms with Gasteiger partial charge in [0.25, 0.3) is 5.91 Å². The van der Waals surface area contributed by atoms with E-state index in [0.717, 1.165) is 5.56 Å².